The lowest BCUT2D eigenvalue weighted by molar-refractivity contribution is -0.131. The highest BCUT2D eigenvalue weighted by atomic mass is 16.3. The van der Waals surface area contributed by atoms with E-state index in [1.807, 2.05) is 65.6 Å². The number of furan rings is 1. The third kappa shape index (κ3) is 4.79. The zero-order chi connectivity index (χ0) is 23.3. The van der Waals surface area contributed by atoms with E-state index in [-0.39, 0.29) is 11.8 Å². The summed E-state index contributed by atoms with van der Waals surface area (Å²) in [7, 11) is 0. The maximum absolute atomic E-state index is 13.2. The van der Waals surface area contributed by atoms with Crippen molar-refractivity contribution in [3.8, 4) is 0 Å². The zero-order valence-corrected chi connectivity index (χ0v) is 18.9. The fourth-order valence-corrected chi connectivity index (χ4v) is 4.37. The van der Waals surface area contributed by atoms with Gasteiger partial charge in [-0.3, -0.25) is 9.59 Å². The van der Waals surface area contributed by atoms with Gasteiger partial charge >= 0.3 is 0 Å². The number of hydrogen-bond donors (Lipinski definition) is 0. The maximum atomic E-state index is 13.2. The van der Waals surface area contributed by atoms with Crippen molar-refractivity contribution in [3.63, 3.8) is 0 Å². The van der Waals surface area contributed by atoms with Crippen molar-refractivity contribution in [1.82, 2.24) is 4.90 Å². The van der Waals surface area contributed by atoms with E-state index in [1.165, 1.54) is 17.4 Å². The van der Waals surface area contributed by atoms with Crippen LogP contribution in [-0.4, -0.2) is 23.3 Å². The molecule has 4 aromatic rings. The van der Waals surface area contributed by atoms with E-state index in [4.69, 9.17) is 4.42 Å². The number of rotatable bonds is 6. The molecular formula is C29H26N2O3. The van der Waals surface area contributed by atoms with Crippen LogP contribution in [0.4, 0.5) is 5.69 Å². The molecule has 0 aliphatic carbocycles. The van der Waals surface area contributed by atoms with Crippen LogP contribution in [0, 0.1) is 0 Å². The molecule has 2 amide bonds. The van der Waals surface area contributed by atoms with Crippen LogP contribution in [0.5, 0.6) is 0 Å². The predicted molar refractivity (Wildman–Crippen MR) is 131 cm³/mol. The molecule has 0 N–H and O–H groups in total. The number of carbonyl (C=O) groups is 2. The van der Waals surface area contributed by atoms with E-state index in [1.54, 1.807) is 17.0 Å². The molecule has 0 radical (unpaired) electrons. The predicted octanol–water partition coefficient (Wildman–Crippen LogP) is 5.25. The minimum Gasteiger partial charge on any atom is -0.459 e. The molecule has 0 saturated carbocycles. The molecule has 5 nitrogen and oxygen atoms in total. The fourth-order valence-electron chi connectivity index (χ4n) is 4.37. The average Bonchev–Trinajstić information content (AvgIpc) is 3.43. The van der Waals surface area contributed by atoms with Gasteiger partial charge in [0.1, 0.15) is 0 Å². The second-order valence-electron chi connectivity index (χ2n) is 8.53. The third-order valence-electron chi connectivity index (χ3n) is 6.25. The minimum absolute atomic E-state index is 0.120. The fraction of sp³-hybridized carbons (Fsp3) is 0.172. The van der Waals surface area contributed by atoms with Gasteiger partial charge in [-0.1, -0.05) is 66.7 Å². The Morgan fingerprint density at radius 3 is 2.26 bits per heavy atom. The van der Waals surface area contributed by atoms with Crippen molar-refractivity contribution in [1.29, 1.82) is 0 Å². The second-order valence-corrected chi connectivity index (χ2v) is 8.53. The zero-order valence-electron chi connectivity index (χ0n) is 18.9. The average molecular weight is 451 g/mol. The van der Waals surface area contributed by atoms with Gasteiger partial charge in [0.25, 0.3) is 5.91 Å². The van der Waals surface area contributed by atoms with Crippen LogP contribution in [0.2, 0.25) is 0 Å². The van der Waals surface area contributed by atoms with Gasteiger partial charge < -0.3 is 14.2 Å². The van der Waals surface area contributed by atoms with Gasteiger partial charge in [-0.25, -0.2) is 0 Å². The topological polar surface area (TPSA) is 53.8 Å². The molecule has 3 aromatic carbocycles. The Hall–Kier alpha value is -4.12. The Morgan fingerprint density at radius 2 is 1.53 bits per heavy atom. The van der Waals surface area contributed by atoms with Crippen LogP contribution in [0.15, 0.2) is 102 Å². The summed E-state index contributed by atoms with van der Waals surface area (Å²) in [5.74, 6) is 0.209. The molecule has 34 heavy (non-hydrogen) atoms. The van der Waals surface area contributed by atoms with Crippen LogP contribution in [0.3, 0.4) is 0 Å². The standard InChI is InChI=1S/C29H26N2O3/c32-28(30-17-16-24-9-4-5-10-25(24)21-30)19-22-12-14-26(15-13-22)31(20-23-7-2-1-3-8-23)29(33)27-11-6-18-34-27/h1-15,18H,16-17,19-21H2. The number of carbonyl (C=O) groups excluding carboxylic acids is 2. The van der Waals surface area contributed by atoms with Gasteiger partial charge in [0.15, 0.2) is 5.76 Å². The van der Waals surface area contributed by atoms with Crippen molar-refractivity contribution in [2.24, 2.45) is 0 Å². The number of anilines is 1. The van der Waals surface area contributed by atoms with Gasteiger partial charge in [0.2, 0.25) is 5.91 Å². The van der Waals surface area contributed by atoms with Gasteiger partial charge in [-0.15, -0.1) is 0 Å². The van der Waals surface area contributed by atoms with Gasteiger partial charge in [-0.05, 0) is 52.9 Å². The number of fused-ring (bicyclic) bond motifs is 1. The molecule has 1 aliphatic heterocycles. The molecule has 0 saturated heterocycles. The summed E-state index contributed by atoms with van der Waals surface area (Å²) in [6, 6.07) is 29.2. The first-order chi connectivity index (χ1) is 16.7. The summed E-state index contributed by atoms with van der Waals surface area (Å²) in [5, 5.41) is 0. The second kappa shape index (κ2) is 9.79. The molecular weight excluding hydrogens is 424 g/mol. The highest BCUT2D eigenvalue weighted by molar-refractivity contribution is 6.04. The van der Waals surface area contributed by atoms with Gasteiger partial charge in [0.05, 0.1) is 19.2 Å². The Morgan fingerprint density at radius 1 is 0.794 bits per heavy atom. The first-order valence-corrected chi connectivity index (χ1v) is 11.5. The van der Waals surface area contributed by atoms with Crippen LogP contribution in [0.1, 0.15) is 32.8 Å². The minimum atomic E-state index is -0.204. The number of hydrogen-bond acceptors (Lipinski definition) is 3. The molecule has 1 aromatic heterocycles. The summed E-state index contributed by atoms with van der Waals surface area (Å²) in [5.41, 5.74) is 5.26. The summed E-state index contributed by atoms with van der Waals surface area (Å²) in [4.78, 5) is 29.7. The van der Waals surface area contributed by atoms with Crippen LogP contribution in [0.25, 0.3) is 0 Å². The molecule has 0 fully saturated rings. The molecule has 2 heterocycles. The van der Waals surface area contributed by atoms with Crippen LogP contribution in [-0.2, 0) is 30.7 Å². The van der Waals surface area contributed by atoms with E-state index in [0.29, 0.717) is 25.3 Å². The summed E-state index contributed by atoms with van der Waals surface area (Å²) in [6.45, 7) is 1.83. The first kappa shape index (κ1) is 21.7. The van der Waals surface area contributed by atoms with Crippen molar-refractivity contribution < 1.29 is 14.0 Å². The lowest BCUT2D eigenvalue weighted by atomic mass is 9.99. The molecule has 0 unspecified atom stereocenters. The monoisotopic (exact) mass is 450 g/mol. The molecule has 1 aliphatic rings. The normalized spacial score (nSPS) is 12.8. The molecule has 5 rings (SSSR count). The van der Waals surface area contributed by atoms with Gasteiger partial charge in [-0.2, -0.15) is 0 Å². The molecule has 0 atom stereocenters. The Labute approximate surface area is 199 Å². The molecule has 0 bridgehead atoms. The van der Waals surface area contributed by atoms with Crippen LogP contribution >= 0.6 is 0 Å². The Bertz CT molecular complexity index is 1260. The summed E-state index contributed by atoms with van der Waals surface area (Å²) in [6.07, 6.45) is 2.74. The Kier molecular flexibility index (Phi) is 6.25. The van der Waals surface area contributed by atoms with Gasteiger partial charge in [0, 0.05) is 18.8 Å². The third-order valence-corrected chi connectivity index (χ3v) is 6.25. The number of benzene rings is 3. The van der Waals surface area contributed by atoms with E-state index >= 15 is 0 Å². The number of nitrogens with zero attached hydrogens (tertiary/aromatic N) is 2. The van der Waals surface area contributed by atoms with Crippen molar-refractivity contribution >= 4 is 17.5 Å². The first-order valence-electron chi connectivity index (χ1n) is 11.5. The van der Waals surface area contributed by atoms with E-state index in [2.05, 4.69) is 18.2 Å². The largest absolute Gasteiger partial charge is 0.459 e. The molecule has 5 heteroatoms. The number of amides is 2. The quantitative estimate of drug-likeness (QED) is 0.403. The van der Waals surface area contributed by atoms with Crippen molar-refractivity contribution in [3.05, 3.63) is 125 Å². The SMILES string of the molecule is O=C(Cc1ccc(N(Cc2ccccc2)C(=O)c2ccco2)cc1)N1CCc2ccccc2C1. The van der Waals surface area contributed by atoms with Crippen molar-refractivity contribution in [2.45, 2.75) is 25.9 Å². The maximum Gasteiger partial charge on any atom is 0.294 e. The molecule has 0 spiro atoms. The van der Waals surface area contributed by atoms with E-state index in [9.17, 15) is 9.59 Å². The molecule has 170 valence electrons. The highest BCUT2D eigenvalue weighted by Crippen LogP contribution is 2.23. The van der Waals surface area contributed by atoms with Crippen LogP contribution < -0.4 is 4.90 Å². The lowest BCUT2D eigenvalue weighted by Gasteiger charge is -2.29. The summed E-state index contributed by atoms with van der Waals surface area (Å²) < 4.78 is 5.36. The van der Waals surface area contributed by atoms with E-state index < -0.39 is 0 Å². The smallest absolute Gasteiger partial charge is 0.294 e. The summed E-state index contributed by atoms with van der Waals surface area (Å²) >= 11 is 0. The lowest BCUT2D eigenvalue weighted by Crippen LogP contribution is -2.36. The Balaban J connectivity index is 1.31. The highest BCUT2D eigenvalue weighted by Gasteiger charge is 2.22. The van der Waals surface area contributed by atoms with E-state index in [0.717, 1.165) is 29.8 Å². The van der Waals surface area contributed by atoms with Crippen molar-refractivity contribution in [2.75, 3.05) is 11.4 Å².